The number of benzene rings is 2. The normalized spacial score (nSPS) is 13.5. The Labute approximate surface area is 195 Å². The number of nitrogens with zero attached hydrogens (tertiary/aromatic N) is 1. The average Bonchev–Trinajstić information content (AvgIpc) is 3.14. The molecule has 0 spiro atoms. The van der Waals surface area contributed by atoms with Crippen LogP contribution < -0.4 is 22.4 Å². The van der Waals surface area contributed by atoms with E-state index in [-0.39, 0.29) is 30.8 Å². The predicted octanol–water partition coefficient (Wildman–Crippen LogP) is -1.51. The Morgan fingerprint density at radius 3 is 2.47 bits per heavy atom. The first kappa shape index (κ1) is 25.8. The van der Waals surface area contributed by atoms with Gasteiger partial charge in [-0.15, -0.1) is 0 Å². The van der Waals surface area contributed by atoms with Crippen molar-refractivity contribution in [3.63, 3.8) is 0 Å². The Morgan fingerprint density at radius 2 is 1.85 bits per heavy atom. The van der Waals surface area contributed by atoms with E-state index in [1.54, 1.807) is 12.1 Å². The summed E-state index contributed by atoms with van der Waals surface area (Å²) in [6.07, 6.45) is 1.22. The molecule has 2 amide bonds. The highest BCUT2D eigenvalue weighted by atomic mass is 19.1. The van der Waals surface area contributed by atoms with Gasteiger partial charge in [-0.05, 0) is 60.1 Å². The number of hydrogen-bond donors (Lipinski definition) is 5. The van der Waals surface area contributed by atoms with Crippen LogP contribution in [-0.2, 0) is 22.6 Å². The molecule has 1 aliphatic heterocycles. The van der Waals surface area contributed by atoms with E-state index in [2.05, 4.69) is 0 Å². The summed E-state index contributed by atoms with van der Waals surface area (Å²) < 4.78 is 33.6. The smallest absolute Gasteiger partial charge is 0.423 e. The minimum Gasteiger partial charge on any atom is -0.423 e. The van der Waals surface area contributed by atoms with Crippen molar-refractivity contribution in [2.45, 2.75) is 38.5 Å². The zero-order chi connectivity index (χ0) is 25.0. The first-order valence-electron chi connectivity index (χ1n) is 10.7. The summed E-state index contributed by atoms with van der Waals surface area (Å²) in [4.78, 5) is 25.8. The number of amides is 2. The lowest BCUT2D eigenvalue weighted by molar-refractivity contribution is -0.119. The van der Waals surface area contributed by atoms with Crippen molar-refractivity contribution in [2.24, 2.45) is 11.5 Å². The molecule has 0 saturated carbocycles. The molecule has 9 nitrogen and oxygen atoms in total. The van der Waals surface area contributed by atoms with Crippen LogP contribution >= 0.6 is 0 Å². The van der Waals surface area contributed by atoms with E-state index < -0.39 is 49.2 Å². The fourth-order valence-corrected chi connectivity index (χ4v) is 3.79. The summed E-state index contributed by atoms with van der Waals surface area (Å²) in [5.74, 6) is -3.39. The molecular formula is C21H25B2F2N3O6. The number of nitrogens with two attached hydrogens (primary N) is 2. The van der Waals surface area contributed by atoms with Gasteiger partial charge in [-0.25, -0.2) is 8.78 Å². The number of halogens is 2. The summed E-state index contributed by atoms with van der Waals surface area (Å²) in [7, 11) is -3.46. The van der Waals surface area contributed by atoms with E-state index in [0.29, 0.717) is 24.7 Å². The summed E-state index contributed by atoms with van der Waals surface area (Å²) >= 11 is 0. The van der Waals surface area contributed by atoms with Gasteiger partial charge < -0.3 is 36.1 Å². The van der Waals surface area contributed by atoms with Gasteiger partial charge in [0, 0.05) is 18.7 Å². The number of carbonyl (C=O) groups excluding carboxylic acids is 2. The molecule has 13 heteroatoms. The van der Waals surface area contributed by atoms with Gasteiger partial charge in [0.05, 0.1) is 18.1 Å². The Kier molecular flexibility index (Phi) is 8.39. The molecule has 7 N–H and O–H groups in total. The number of unbranched alkanes of at least 4 members (excludes halogenated alkanes) is 1. The molecule has 1 atom stereocenters. The molecule has 180 valence electrons. The van der Waals surface area contributed by atoms with Crippen LogP contribution in [0.1, 0.15) is 40.7 Å². The first-order chi connectivity index (χ1) is 16.1. The standard InChI is InChI=1S/C21H25B2F2N3O6/c24-16-7-12(8-17(25)19(16)22(31)32)10-28(6-2-1-3-18(26)20(27)29)21(30)13-4-5-14-11-34-23(33)15(14)9-13/h4-5,7-9,18,31-33H,1-3,6,10-11,26H2,(H2,27,29). The van der Waals surface area contributed by atoms with Gasteiger partial charge in [0.1, 0.15) is 11.6 Å². The number of fused-ring (bicyclic) bond motifs is 1. The van der Waals surface area contributed by atoms with E-state index in [1.165, 1.54) is 11.0 Å². The highest BCUT2D eigenvalue weighted by Crippen LogP contribution is 2.17. The Bertz CT molecular complexity index is 1050. The Hall–Kier alpha value is -2.83. The summed E-state index contributed by atoms with van der Waals surface area (Å²) in [6.45, 7) is 0.219. The maximum absolute atomic E-state index is 14.2. The zero-order valence-electron chi connectivity index (χ0n) is 18.3. The molecule has 1 unspecified atom stereocenters. The molecule has 0 radical (unpaired) electrons. The van der Waals surface area contributed by atoms with Crippen molar-refractivity contribution < 1.29 is 38.1 Å². The van der Waals surface area contributed by atoms with Gasteiger partial charge in [-0.1, -0.05) is 6.07 Å². The van der Waals surface area contributed by atoms with Crippen LogP contribution in [0.2, 0.25) is 0 Å². The van der Waals surface area contributed by atoms with Crippen molar-refractivity contribution in [3.05, 3.63) is 58.7 Å². The van der Waals surface area contributed by atoms with Crippen LogP contribution in [0.25, 0.3) is 0 Å². The fraction of sp³-hybridized carbons (Fsp3) is 0.333. The second-order valence-corrected chi connectivity index (χ2v) is 8.16. The second-order valence-electron chi connectivity index (χ2n) is 8.16. The molecule has 0 aliphatic carbocycles. The molecule has 0 fully saturated rings. The fourth-order valence-electron chi connectivity index (χ4n) is 3.79. The first-order valence-corrected chi connectivity index (χ1v) is 10.7. The molecule has 1 aliphatic rings. The molecule has 2 aromatic carbocycles. The van der Waals surface area contributed by atoms with Crippen LogP contribution in [0.3, 0.4) is 0 Å². The SMILES string of the molecule is NC(=O)C(N)CCCCN(Cc1cc(F)c(B(O)O)c(F)c1)C(=O)c1ccc2c(c1)B(O)OC2. The highest BCUT2D eigenvalue weighted by Gasteiger charge is 2.29. The van der Waals surface area contributed by atoms with E-state index in [4.69, 9.17) is 26.2 Å². The summed E-state index contributed by atoms with van der Waals surface area (Å²) in [6, 6.07) is 5.80. The molecule has 0 saturated heterocycles. The van der Waals surface area contributed by atoms with Gasteiger partial charge in [0.25, 0.3) is 5.91 Å². The highest BCUT2D eigenvalue weighted by molar-refractivity contribution is 6.61. The van der Waals surface area contributed by atoms with E-state index in [9.17, 15) is 23.4 Å². The number of hydrogen-bond acceptors (Lipinski definition) is 7. The van der Waals surface area contributed by atoms with Crippen LogP contribution in [0.4, 0.5) is 8.78 Å². The van der Waals surface area contributed by atoms with Gasteiger partial charge in [-0.3, -0.25) is 9.59 Å². The van der Waals surface area contributed by atoms with Crippen molar-refractivity contribution >= 4 is 37.0 Å². The van der Waals surface area contributed by atoms with Crippen molar-refractivity contribution in [3.8, 4) is 0 Å². The molecule has 2 aromatic rings. The summed E-state index contributed by atoms with van der Waals surface area (Å²) in [5, 5.41) is 28.3. The lowest BCUT2D eigenvalue weighted by Crippen LogP contribution is -2.37. The molecular weight excluding hydrogens is 450 g/mol. The van der Waals surface area contributed by atoms with E-state index >= 15 is 0 Å². The molecule has 34 heavy (non-hydrogen) atoms. The van der Waals surface area contributed by atoms with Gasteiger partial charge in [-0.2, -0.15) is 0 Å². The van der Waals surface area contributed by atoms with Crippen molar-refractivity contribution in [2.75, 3.05) is 6.54 Å². The van der Waals surface area contributed by atoms with Crippen LogP contribution in [0.15, 0.2) is 30.3 Å². The minimum absolute atomic E-state index is 0.103. The number of primary amides is 1. The monoisotopic (exact) mass is 475 g/mol. The second kappa shape index (κ2) is 11.1. The van der Waals surface area contributed by atoms with Crippen LogP contribution in [0, 0.1) is 11.6 Å². The lowest BCUT2D eigenvalue weighted by atomic mass is 9.78. The van der Waals surface area contributed by atoms with E-state index in [1.807, 2.05) is 0 Å². The van der Waals surface area contributed by atoms with Gasteiger partial charge in [0.15, 0.2) is 0 Å². The molecule has 0 aromatic heterocycles. The third kappa shape index (κ3) is 5.99. The third-order valence-corrected chi connectivity index (χ3v) is 5.67. The molecule has 3 rings (SSSR count). The maximum Gasteiger partial charge on any atom is 0.494 e. The van der Waals surface area contributed by atoms with Gasteiger partial charge in [0.2, 0.25) is 5.91 Å². The number of rotatable bonds is 10. The largest absolute Gasteiger partial charge is 0.494 e. The topological polar surface area (TPSA) is 159 Å². The third-order valence-electron chi connectivity index (χ3n) is 5.67. The quantitative estimate of drug-likeness (QED) is 0.206. The number of carbonyl (C=O) groups is 2. The van der Waals surface area contributed by atoms with Crippen molar-refractivity contribution in [1.29, 1.82) is 0 Å². The Balaban J connectivity index is 1.81. The lowest BCUT2D eigenvalue weighted by Gasteiger charge is -2.24. The average molecular weight is 475 g/mol. The minimum atomic E-state index is -2.32. The molecule has 1 heterocycles. The van der Waals surface area contributed by atoms with Crippen molar-refractivity contribution in [1.82, 2.24) is 4.90 Å². The summed E-state index contributed by atoms with van der Waals surface area (Å²) in [5.41, 5.74) is 11.5. The van der Waals surface area contributed by atoms with Crippen LogP contribution in [0.5, 0.6) is 0 Å². The Morgan fingerprint density at radius 1 is 1.18 bits per heavy atom. The zero-order valence-corrected chi connectivity index (χ0v) is 18.3. The maximum atomic E-state index is 14.2. The van der Waals surface area contributed by atoms with Crippen LogP contribution in [-0.4, -0.2) is 58.6 Å². The van der Waals surface area contributed by atoms with E-state index in [0.717, 1.165) is 17.7 Å². The molecule has 0 bridgehead atoms. The van der Waals surface area contributed by atoms with Gasteiger partial charge >= 0.3 is 14.2 Å². The predicted molar refractivity (Wildman–Crippen MR) is 121 cm³/mol.